The van der Waals surface area contributed by atoms with Crippen molar-refractivity contribution in [1.82, 2.24) is 0 Å². The van der Waals surface area contributed by atoms with Crippen molar-refractivity contribution in [3.63, 3.8) is 0 Å². The van der Waals surface area contributed by atoms with Crippen LogP contribution in [0.3, 0.4) is 0 Å². The van der Waals surface area contributed by atoms with E-state index in [0.29, 0.717) is 0 Å². The van der Waals surface area contributed by atoms with Crippen molar-refractivity contribution < 1.29 is 61.5 Å². The zero-order chi connectivity index (χ0) is 14.0. The Morgan fingerprint density at radius 3 is 0.467 bits per heavy atom. The zero-order valence-electron chi connectivity index (χ0n) is 7.45. The fourth-order valence-corrected chi connectivity index (χ4v) is 0. The molecule has 0 atom stereocenters. The first-order valence-electron chi connectivity index (χ1n) is 1.59. The maximum absolute atomic E-state index is 6.25. The third-order valence-corrected chi connectivity index (χ3v) is 0. The van der Waals surface area contributed by atoms with Gasteiger partial charge in [-0.25, -0.2) is 0 Å². The van der Waals surface area contributed by atoms with Crippen LogP contribution in [0, 0.1) is 71.0 Å². The Bertz CT molecular complexity index is 112. The van der Waals surface area contributed by atoms with E-state index >= 15 is 0 Å². The molecule has 0 heterocycles. The monoisotopic (exact) mass is 440 g/mol. The van der Waals surface area contributed by atoms with Crippen LogP contribution in [0.15, 0.2) is 0 Å². The molecule has 0 fully saturated rings. The van der Waals surface area contributed by atoms with Crippen LogP contribution in [0.5, 0.6) is 0 Å². The summed E-state index contributed by atoms with van der Waals surface area (Å²) < 4.78 is 0. The molecule has 0 aromatic rings. The second-order valence-electron chi connectivity index (χ2n) is 0. The topological polar surface area (TPSA) is 143 Å². The Morgan fingerprint density at radius 2 is 0.467 bits per heavy atom. The van der Waals surface area contributed by atoms with Crippen LogP contribution in [0.2, 0.25) is 0 Å². The fraction of sp³-hybridized carbons (Fsp3) is 0. The van der Waals surface area contributed by atoms with E-state index in [1.165, 1.54) is 0 Å². The van der Waals surface area contributed by atoms with E-state index in [4.69, 9.17) is 71.0 Å². The van der Waals surface area contributed by atoms with E-state index in [-0.39, 0.29) is 27.3 Å². The van der Waals surface area contributed by atoms with Gasteiger partial charge in [0.15, 0.2) is 0 Å². The van der Waals surface area contributed by atoms with Crippen molar-refractivity contribution in [1.29, 1.82) is 31.6 Å². The van der Waals surface area contributed by atoms with Crippen LogP contribution in [0.25, 0.3) is 0 Å². The molecule has 0 amide bonds. The number of hydrogen-bond acceptors (Lipinski definition) is 6. The molecule has 9 heteroatoms. The van der Waals surface area contributed by atoms with Gasteiger partial charge in [-0.15, -0.1) is 0 Å². The molecule has 0 aliphatic heterocycles. The van der Waals surface area contributed by atoms with E-state index in [2.05, 4.69) is 11.5 Å². The molecule has 70 valence electrons. The molecule has 0 radical (unpaired) electrons. The summed E-state index contributed by atoms with van der Waals surface area (Å²) in [5, 5.41) is 37.5. The first kappa shape index (κ1) is 63.7. The summed E-state index contributed by atoms with van der Waals surface area (Å²) in [4.78, 5) is 0. The Labute approximate surface area is 131 Å². The van der Waals surface area contributed by atoms with Gasteiger partial charge in [-0.3, -0.25) is 0 Å². The van der Waals surface area contributed by atoms with E-state index in [1.807, 2.05) is 0 Å². The predicted octanol–water partition coefficient (Wildman–Crippen LogP) is 0.571. The van der Waals surface area contributed by atoms with Crippen LogP contribution >= 0.6 is 0 Å². The van der Waals surface area contributed by atoms with Crippen molar-refractivity contribution >= 4 is 0 Å². The van der Waals surface area contributed by atoms with Crippen molar-refractivity contribution in [2.24, 2.45) is 0 Å². The maximum atomic E-state index is 6.25. The molecular weight excluding hydrogens is 437 g/mol. The minimum absolute atomic E-state index is 0. The minimum atomic E-state index is 0. The number of hydrogen-bond donors (Lipinski definition) is 0. The van der Waals surface area contributed by atoms with Gasteiger partial charge in [0, 0.05) is 0 Å². The van der Waals surface area contributed by atoms with Crippen molar-refractivity contribution in [2.45, 2.75) is 0 Å². The molecule has 6 nitrogen and oxygen atoms in total. The molecule has 0 rings (SSSR count). The van der Waals surface area contributed by atoms with Gasteiger partial charge in [-0.1, -0.05) is 0 Å². The van der Waals surface area contributed by atoms with Crippen LogP contribution in [0.4, 0.5) is 0 Å². The zero-order valence-corrected chi connectivity index (χ0v) is 16.6. The van der Waals surface area contributed by atoms with Crippen LogP contribution < -0.4 is 0 Å². The normalized spacial score (nSPS) is 1.27. The predicted molar refractivity (Wildman–Crippen MR) is 29.8 cm³/mol. The summed E-state index contributed by atoms with van der Waals surface area (Å²) in [6.07, 6.45) is 0. The van der Waals surface area contributed by atoms with Gasteiger partial charge in [-0.2, -0.15) is 0 Å². The first-order chi connectivity index (χ1) is 7.00. The van der Waals surface area contributed by atoms with Gasteiger partial charge in [-0.05, 0) is 0 Å². The van der Waals surface area contributed by atoms with Gasteiger partial charge < -0.3 is 71.0 Å². The quantitative estimate of drug-likeness (QED) is 0.401. The summed E-state index contributed by atoms with van der Waals surface area (Å²) in [6, 6.07) is 0. The SMILES string of the molecule is [C-]#N.[C-]#N.[C-]#N.[C-]#N.[C-]#N.[C-]#N.[Cd+2].[Fe]=[Cd]. The fourth-order valence-electron chi connectivity index (χ4n) is 0. The average molecular weight is 437 g/mol. The third-order valence-electron chi connectivity index (χ3n) is 0. The molecule has 0 spiro atoms. The molecular formula is C6Cd2FeN6-4. The van der Waals surface area contributed by atoms with Gasteiger partial charge in [0.2, 0.25) is 0 Å². The average Bonchev–Trinajstić information content (AvgIpc) is 2.45. The molecule has 0 aromatic carbocycles. The van der Waals surface area contributed by atoms with E-state index in [0.717, 1.165) is 22.7 Å². The Kier molecular flexibility index (Phi) is 17600. The molecule has 0 bridgehead atoms. The molecule has 0 saturated heterocycles. The summed E-state index contributed by atoms with van der Waals surface area (Å²) in [5.74, 6) is 0. The Balaban J connectivity index is -0.00000000628. The molecule has 0 unspecified atom stereocenters. The molecule has 0 saturated carbocycles. The van der Waals surface area contributed by atoms with Gasteiger partial charge in [0.25, 0.3) is 0 Å². The van der Waals surface area contributed by atoms with Gasteiger partial charge in [0.1, 0.15) is 0 Å². The van der Waals surface area contributed by atoms with Crippen molar-refractivity contribution in [2.75, 3.05) is 0 Å². The molecule has 0 aromatic heterocycles. The van der Waals surface area contributed by atoms with E-state index in [9.17, 15) is 0 Å². The second-order valence-corrected chi connectivity index (χ2v) is 0. The second kappa shape index (κ2) is 4150. The standard InChI is InChI=1S/6CN.2Cd.Fe/c6*1-2;;;/q6*-1;;+2;. The van der Waals surface area contributed by atoms with E-state index < -0.39 is 0 Å². The number of rotatable bonds is 0. The molecule has 0 N–H and O–H groups in total. The third kappa shape index (κ3) is 3510. The molecule has 0 aliphatic rings. The van der Waals surface area contributed by atoms with Crippen LogP contribution in [-0.4, -0.2) is 0 Å². The molecule has 0 aliphatic carbocycles. The Hall–Kier alpha value is -0.696. The first-order valence-corrected chi connectivity index (χ1v) is 8.26. The van der Waals surface area contributed by atoms with Crippen molar-refractivity contribution in [3.05, 3.63) is 39.4 Å². The number of nitrogens with zero attached hydrogens (tertiary/aromatic N) is 6. The van der Waals surface area contributed by atoms with Gasteiger partial charge >= 0.3 is 61.5 Å². The summed E-state index contributed by atoms with van der Waals surface area (Å²) in [7, 11) is 0. The Morgan fingerprint density at radius 1 is 0.467 bits per heavy atom. The van der Waals surface area contributed by atoms with Crippen molar-refractivity contribution in [3.8, 4) is 0 Å². The van der Waals surface area contributed by atoms with Crippen LogP contribution in [0.1, 0.15) is 0 Å². The van der Waals surface area contributed by atoms with E-state index in [1.54, 1.807) is 0 Å². The van der Waals surface area contributed by atoms with Gasteiger partial charge in [0.05, 0.1) is 0 Å². The molecule has 15 heavy (non-hydrogen) atoms. The van der Waals surface area contributed by atoms with Crippen LogP contribution in [-0.2, 0) is 61.5 Å². The summed E-state index contributed by atoms with van der Waals surface area (Å²) >= 11 is 4.32. The summed E-state index contributed by atoms with van der Waals surface area (Å²) in [6.45, 7) is 28.5. The summed E-state index contributed by atoms with van der Waals surface area (Å²) in [5.41, 5.74) is 0.